The number of para-hydroxylation sites is 1. The quantitative estimate of drug-likeness (QED) is 0.530. The molecule has 4 rings (SSSR count). The van der Waals surface area contributed by atoms with Crippen LogP contribution in [-0.2, 0) is 14.8 Å². The number of carbonyl (C=O) groups is 1. The van der Waals surface area contributed by atoms with Gasteiger partial charge in [0.05, 0.1) is 38.1 Å². The first-order valence-corrected chi connectivity index (χ1v) is 11.2. The minimum atomic E-state index is -4.31. The van der Waals surface area contributed by atoms with Gasteiger partial charge in [-0.15, -0.1) is 0 Å². The summed E-state index contributed by atoms with van der Waals surface area (Å²) >= 11 is 0. The second kappa shape index (κ2) is 8.32. The van der Waals surface area contributed by atoms with Crippen molar-refractivity contribution in [3.63, 3.8) is 0 Å². The van der Waals surface area contributed by atoms with Crippen LogP contribution in [0.1, 0.15) is 24.0 Å². The average molecular weight is 449 g/mol. The number of amides is 1. The minimum Gasteiger partial charge on any atom is -0.495 e. The highest BCUT2D eigenvalue weighted by molar-refractivity contribution is 7.93. The van der Waals surface area contributed by atoms with Gasteiger partial charge >= 0.3 is 0 Å². The lowest BCUT2D eigenvalue weighted by Gasteiger charge is -2.19. The number of rotatable bonds is 6. The molecule has 1 amide bonds. The number of nitrogens with zero attached hydrogens (tertiary/aromatic N) is 3. The maximum Gasteiger partial charge on any atom is 0.288 e. The first kappa shape index (κ1) is 21.3. The molecule has 9 heteroatoms. The molecule has 0 saturated carbocycles. The van der Waals surface area contributed by atoms with Crippen LogP contribution in [0.25, 0.3) is 4.85 Å². The van der Waals surface area contributed by atoms with Crippen LogP contribution in [0.4, 0.5) is 11.4 Å². The highest BCUT2D eigenvalue weighted by atomic mass is 32.2. The largest absolute Gasteiger partial charge is 0.495 e. The Kier molecular flexibility index (Phi) is 5.55. The molecular formula is C23H19N3O5S. The summed E-state index contributed by atoms with van der Waals surface area (Å²) in [5, 5.41) is -0.286. The lowest BCUT2D eigenvalue weighted by atomic mass is 9.91. The molecule has 1 aliphatic rings. The second-order valence-electron chi connectivity index (χ2n) is 6.90. The second-order valence-corrected chi connectivity index (χ2v) is 8.64. The van der Waals surface area contributed by atoms with Crippen molar-refractivity contribution in [1.82, 2.24) is 4.98 Å². The number of anilines is 1. The number of hydrogen-bond donors (Lipinski definition) is 0. The number of hydrogen-bond acceptors (Lipinski definition) is 6. The van der Waals surface area contributed by atoms with E-state index in [2.05, 4.69) is 9.83 Å². The van der Waals surface area contributed by atoms with Gasteiger partial charge in [0, 0.05) is 5.56 Å². The van der Waals surface area contributed by atoms with E-state index < -0.39 is 21.8 Å². The van der Waals surface area contributed by atoms with E-state index in [9.17, 15) is 13.2 Å². The zero-order chi connectivity index (χ0) is 22.9. The van der Waals surface area contributed by atoms with Crippen molar-refractivity contribution in [1.29, 1.82) is 0 Å². The van der Waals surface area contributed by atoms with Crippen molar-refractivity contribution in [3.05, 3.63) is 83.3 Å². The lowest BCUT2D eigenvalue weighted by Crippen LogP contribution is -2.35. The van der Waals surface area contributed by atoms with Gasteiger partial charge in [-0.25, -0.2) is 14.1 Å². The molecule has 0 radical (unpaired) electrons. The van der Waals surface area contributed by atoms with Gasteiger partial charge in [-0.05, 0) is 36.8 Å². The van der Waals surface area contributed by atoms with Gasteiger partial charge in [0.1, 0.15) is 11.5 Å². The predicted molar refractivity (Wildman–Crippen MR) is 118 cm³/mol. The average Bonchev–Trinajstić information content (AvgIpc) is 3.11. The molecule has 0 saturated heterocycles. The molecule has 0 fully saturated rings. The van der Waals surface area contributed by atoms with Crippen LogP contribution in [0.3, 0.4) is 0 Å². The van der Waals surface area contributed by atoms with E-state index in [-0.39, 0.29) is 10.7 Å². The lowest BCUT2D eigenvalue weighted by molar-refractivity contribution is -0.117. The molecular weight excluding hydrogens is 430 g/mol. The van der Waals surface area contributed by atoms with Crippen LogP contribution in [0.15, 0.2) is 65.8 Å². The number of pyridine rings is 1. The Bertz CT molecular complexity index is 1330. The molecule has 1 unspecified atom stereocenters. The van der Waals surface area contributed by atoms with E-state index in [1.165, 1.54) is 37.6 Å². The molecule has 8 nitrogen and oxygen atoms in total. The van der Waals surface area contributed by atoms with Crippen LogP contribution in [0.2, 0.25) is 0 Å². The van der Waals surface area contributed by atoms with Crippen LogP contribution in [-0.4, -0.2) is 33.0 Å². The Morgan fingerprint density at radius 1 is 1.12 bits per heavy atom. The molecule has 1 aromatic heterocycles. The van der Waals surface area contributed by atoms with Gasteiger partial charge in [0.25, 0.3) is 15.9 Å². The number of sulfonamides is 1. The third-order valence-electron chi connectivity index (χ3n) is 5.10. The number of carbonyl (C=O) groups excluding carboxylic acids is 1. The Morgan fingerprint density at radius 3 is 2.56 bits per heavy atom. The third-order valence-corrected chi connectivity index (χ3v) is 6.72. The van der Waals surface area contributed by atoms with E-state index in [0.717, 1.165) is 4.31 Å². The molecule has 0 bridgehead atoms. The zero-order valence-corrected chi connectivity index (χ0v) is 18.2. The Morgan fingerprint density at radius 2 is 1.91 bits per heavy atom. The molecule has 0 N–H and O–H groups in total. The SMILES string of the molecule is [C-]#[N+]c1ccc2c(c1)C(c1ccccc1OCC)C(=O)N2S(=O)(=O)c1ccc(OC)cn1. The minimum absolute atomic E-state index is 0.191. The van der Waals surface area contributed by atoms with Gasteiger partial charge < -0.3 is 9.47 Å². The van der Waals surface area contributed by atoms with Gasteiger partial charge in [0.15, 0.2) is 10.7 Å². The van der Waals surface area contributed by atoms with Gasteiger partial charge in [-0.3, -0.25) is 4.79 Å². The molecule has 2 aromatic carbocycles. The molecule has 162 valence electrons. The van der Waals surface area contributed by atoms with Crippen molar-refractivity contribution in [2.75, 3.05) is 18.0 Å². The number of methoxy groups -OCH3 is 1. The fourth-order valence-corrected chi connectivity index (χ4v) is 5.07. The maximum atomic E-state index is 13.6. The smallest absolute Gasteiger partial charge is 0.288 e. The van der Waals surface area contributed by atoms with Gasteiger partial charge in [-0.2, -0.15) is 8.42 Å². The van der Waals surface area contributed by atoms with Crippen molar-refractivity contribution < 1.29 is 22.7 Å². The number of aromatic nitrogens is 1. The summed E-state index contributed by atoms with van der Waals surface area (Å²) in [4.78, 5) is 21.0. The van der Waals surface area contributed by atoms with Crippen molar-refractivity contribution in [2.45, 2.75) is 17.9 Å². The van der Waals surface area contributed by atoms with Crippen molar-refractivity contribution in [3.8, 4) is 11.5 Å². The highest BCUT2D eigenvalue weighted by Gasteiger charge is 2.46. The van der Waals surface area contributed by atoms with Crippen LogP contribution < -0.4 is 13.8 Å². The summed E-state index contributed by atoms with van der Waals surface area (Å²) in [5.41, 5.74) is 1.45. The number of ether oxygens (including phenoxy) is 2. The van der Waals surface area contributed by atoms with Gasteiger partial charge in [-0.1, -0.05) is 30.3 Å². The molecule has 1 aliphatic heterocycles. The molecule has 3 aromatic rings. The topological polar surface area (TPSA) is 90.2 Å². The molecule has 1 atom stereocenters. The van der Waals surface area contributed by atoms with E-state index in [4.69, 9.17) is 16.0 Å². The molecule has 2 heterocycles. The van der Waals surface area contributed by atoms with Crippen LogP contribution in [0.5, 0.6) is 11.5 Å². The summed E-state index contributed by atoms with van der Waals surface area (Å²) in [7, 11) is -2.87. The van der Waals surface area contributed by atoms with Crippen molar-refractivity contribution >= 4 is 27.3 Å². The molecule has 0 aliphatic carbocycles. The summed E-state index contributed by atoms with van der Waals surface area (Å²) < 4.78 is 38.4. The zero-order valence-electron chi connectivity index (χ0n) is 17.3. The van der Waals surface area contributed by atoms with Crippen molar-refractivity contribution in [2.24, 2.45) is 0 Å². The summed E-state index contributed by atoms with van der Waals surface area (Å²) in [6.07, 6.45) is 1.28. The number of benzene rings is 2. The van der Waals surface area contributed by atoms with E-state index in [1.807, 2.05) is 6.92 Å². The molecule has 0 spiro atoms. The van der Waals surface area contributed by atoms with E-state index in [0.29, 0.717) is 34.9 Å². The summed E-state index contributed by atoms with van der Waals surface area (Å²) in [5.74, 6) is -0.731. The monoisotopic (exact) mass is 449 g/mol. The summed E-state index contributed by atoms with van der Waals surface area (Å²) in [6.45, 7) is 9.55. The normalized spacial score (nSPS) is 15.2. The fourth-order valence-electron chi connectivity index (χ4n) is 3.68. The highest BCUT2D eigenvalue weighted by Crippen LogP contribution is 2.47. The Labute approximate surface area is 185 Å². The van der Waals surface area contributed by atoms with Crippen LogP contribution >= 0.6 is 0 Å². The van der Waals surface area contributed by atoms with Crippen LogP contribution in [0, 0.1) is 6.57 Å². The predicted octanol–water partition coefficient (Wildman–Crippen LogP) is 3.91. The van der Waals surface area contributed by atoms with E-state index >= 15 is 0 Å². The Hall–Kier alpha value is -3.90. The van der Waals surface area contributed by atoms with E-state index in [1.54, 1.807) is 30.3 Å². The standard InChI is InChI=1S/C23H19N3O5S/c1-4-31-20-8-6-5-7-17(20)22-18-13-15(24-2)9-11-19(18)26(23(22)27)32(28,29)21-12-10-16(30-3)14-25-21/h5-14,22H,4H2,1,3H3. The first-order valence-electron chi connectivity index (χ1n) is 9.74. The fraction of sp³-hybridized carbons (Fsp3) is 0.174. The molecule has 32 heavy (non-hydrogen) atoms. The van der Waals surface area contributed by atoms with Gasteiger partial charge in [0.2, 0.25) is 0 Å². The third kappa shape index (κ3) is 3.44. The Balaban J connectivity index is 1.90. The maximum absolute atomic E-state index is 13.6. The summed E-state index contributed by atoms with van der Waals surface area (Å²) in [6, 6.07) is 14.2. The first-order chi connectivity index (χ1) is 15.4. The number of fused-ring (bicyclic) bond motifs is 1.